The highest BCUT2D eigenvalue weighted by molar-refractivity contribution is 5.83. The highest BCUT2D eigenvalue weighted by Gasteiger charge is 2.46. The molecule has 0 radical (unpaired) electrons. The van der Waals surface area contributed by atoms with Crippen LogP contribution in [-0.2, 0) is 25.4 Å². The summed E-state index contributed by atoms with van der Waals surface area (Å²) in [5, 5.41) is 34.8. The number of amides is 1. The van der Waals surface area contributed by atoms with Crippen molar-refractivity contribution in [3.63, 3.8) is 0 Å². The summed E-state index contributed by atoms with van der Waals surface area (Å²) in [4.78, 5) is 39.2. The minimum atomic E-state index is -1.74. The first-order valence-corrected chi connectivity index (χ1v) is 16.4. The van der Waals surface area contributed by atoms with Crippen LogP contribution in [0.3, 0.4) is 0 Å². The standard InChI is InChI=1S/C37H39NO13/c1-37(2,3)51-36(44)38-25(15-20-7-5-4-6-8-20)34(43)48-19-29-31(40)32(41)33(42)35(50-29)49-22-10-11-23-27(17-22)47-18-24(30(23)39)21-9-12-26-28(16-21)46-14-13-45-26/h4-12,16-18,25,29,31-33,35,40-42H,13-15,19H2,1-3H3,(H,38,44)/t25-,29+,31-,32+,33-,35-/m1/s1. The van der Waals surface area contributed by atoms with Gasteiger partial charge in [0.2, 0.25) is 6.29 Å². The fourth-order valence-corrected chi connectivity index (χ4v) is 5.64. The molecule has 0 unspecified atom stereocenters. The number of aliphatic hydroxyl groups excluding tert-OH is 3. The van der Waals surface area contributed by atoms with Gasteiger partial charge >= 0.3 is 12.1 Å². The highest BCUT2D eigenvalue weighted by Crippen LogP contribution is 2.34. The molecule has 14 heteroatoms. The highest BCUT2D eigenvalue weighted by atomic mass is 16.7. The maximum absolute atomic E-state index is 13.4. The number of rotatable bonds is 9. The summed E-state index contributed by atoms with van der Waals surface area (Å²) in [5.74, 6) is 0.381. The van der Waals surface area contributed by atoms with E-state index in [0.717, 1.165) is 5.56 Å². The lowest BCUT2D eigenvalue weighted by atomic mass is 9.99. The number of alkyl carbamates (subject to hydrolysis) is 1. The second-order valence-electron chi connectivity index (χ2n) is 13.1. The van der Waals surface area contributed by atoms with Gasteiger partial charge in [-0.3, -0.25) is 4.79 Å². The lowest BCUT2D eigenvalue weighted by molar-refractivity contribution is -0.278. The second kappa shape index (κ2) is 15.0. The third-order valence-corrected chi connectivity index (χ3v) is 8.17. The van der Waals surface area contributed by atoms with Crippen LogP contribution in [0, 0.1) is 0 Å². The molecule has 0 bridgehead atoms. The number of fused-ring (bicyclic) bond motifs is 2. The first kappa shape index (κ1) is 35.7. The molecule has 0 aliphatic carbocycles. The quantitative estimate of drug-likeness (QED) is 0.186. The van der Waals surface area contributed by atoms with Gasteiger partial charge in [-0.05, 0) is 56.2 Å². The average molecular weight is 706 g/mol. The smallest absolute Gasteiger partial charge is 0.408 e. The summed E-state index contributed by atoms with van der Waals surface area (Å²) in [6.07, 6.45) is -7.38. The van der Waals surface area contributed by atoms with Gasteiger partial charge in [-0.15, -0.1) is 0 Å². The van der Waals surface area contributed by atoms with Crippen LogP contribution in [0.15, 0.2) is 82.2 Å². The van der Waals surface area contributed by atoms with Crippen LogP contribution in [-0.4, -0.2) is 89.6 Å². The lowest BCUT2D eigenvalue weighted by Gasteiger charge is -2.40. The van der Waals surface area contributed by atoms with Gasteiger partial charge in [0.15, 0.2) is 16.9 Å². The topological polar surface area (TPSA) is 192 Å². The van der Waals surface area contributed by atoms with E-state index in [-0.39, 0.29) is 28.6 Å². The van der Waals surface area contributed by atoms with E-state index in [1.807, 2.05) is 6.07 Å². The summed E-state index contributed by atoms with van der Waals surface area (Å²) in [6, 6.07) is 17.3. The molecule has 0 saturated carbocycles. The van der Waals surface area contributed by atoms with Gasteiger partial charge in [-0.25, -0.2) is 9.59 Å². The van der Waals surface area contributed by atoms with Crippen LogP contribution in [0.2, 0.25) is 0 Å². The van der Waals surface area contributed by atoms with E-state index < -0.39 is 61.0 Å². The second-order valence-corrected chi connectivity index (χ2v) is 13.1. The Labute approximate surface area is 292 Å². The molecule has 0 spiro atoms. The Balaban J connectivity index is 1.13. The van der Waals surface area contributed by atoms with Crippen molar-refractivity contribution >= 4 is 23.0 Å². The van der Waals surface area contributed by atoms with E-state index in [4.69, 9.17) is 32.8 Å². The fraction of sp³-hybridized carbons (Fsp3) is 0.378. The number of carbonyl (C=O) groups excluding carboxylic acids is 2. The third kappa shape index (κ3) is 8.43. The molecule has 6 atom stereocenters. The van der Waals surface area contributed by atoms with Crippen LogP contribution in [0.1, 0.15) is 26.3 Å². The molecular weight excluding hydrogens is 666 g/mol. The van der Waals surface area contributed by atoms with Crippen LogP contribution < -0.4 is 25.0 Å². The molecule has 6 rings (SSSR count). The summed E-state index contributed by atoms with van der Waals surface area (Å²) >= 11 is 0. The molecule has 4 aromatic rings. The van der Waals surface area contributed by atoms with E-state index in [9.17, 15) is 29.7 Å². The van der Waals surface area contributed by atoms with Crippen LogP contribution >= 0.6 is 0 Å². The van der Waals surface area contributed by atoms with Gasteiger partial charge in [0.05, 0.1) is 10.9 Å². The first-order valence-electron chi connectivity index (χ1n) is 16.4. The van der Waals surface area contributed by atoms with E-state index >= 15 is 0 Å². The molecule has 2 aliphatic heterocycles. The van der Waals surface area contributed by atoms with Crippen LogP contribution in [0.4, 0.5) is 4.79 Å². The van der Waals surface area contributed by atoms with E-state index in [1.165, 1.54) is 24.5 Å². The maximum Gasteiger partial charge on any atom is 0.408 e. The van der Waals surface area contributed by atoms with Gasteiger partial charge in [-0.2, -0.15) is 0 Å². The molecule has 1 saturated heterocycles. The lowest BCUT2D eigenvalue weighted by Crippen LogP contribution is -2.60. The Bertz CT molecular complexity index is 1920. The molecule has 3 aromatic carbocycles. The van der Waals surface area contributed by atoms with Crippen molar-refractivity contribution in [3.8, 4) is 28.4 Å². The maximum atomic E-state index is 13.4. The largest absolute Gasteiger partial charge is 0.486 e. The normalized spacial score (nSPS) is 22.1. The van der Waals surface area contributed by atoms with Crippen molar-refractivity contribution < 1.29 is 57.7 Å². The Morgan fingerprint density at radius 3 is 2.41 bits per heavy atom. The van der Waals surface area contributed by atoms with Crippen molar-refractivity contribution in [2.75, 3.05) is 19.8 Å². The predicted octanol–water partition coefficient (Wildman–Crippen LogP) is 3.10. The van der Waals surface area contributed by atoms with Crippen LogP contribution in [0.5, 0.6) is 17.2 Å². The summed E-state index contributed by atoms with van der Waals surface area (Å²) < 4.78 is 39.3. The van der Waals surface area contributed by atoms with E-state index in [1.54, 1.807) is 63.2 Å². The third-order valence-electron chi connectivity index (χ3n) is 8.17. The van der Waals surface area contributed by atoms with Gasteiger partial charge in [0.1, 0.15) is 73.5 Å². The number of benzene rings is 3. The molecular formula is C37H39NO13. The number of aliphatic hydroxyl groups is 3. The zero-order chi connectivity index (χ0) is 36.3. The number of nitrogens with one attached hydrogen (secondary N) is 1. The van der Waals surface area contributed by atoms with Gasteiger partial charge in [0.25, 0.3) is 0 Å². The Morgan fingerprint density at radius 2 is 1.67 bits per heavy atom. The predicted molar refractivity (Wildman–Crippen MR) is 180 cm³/mol. The number of esters is 1. The van der Waals surface area contributed by atoms with Gasteiger partial charge < -0.3 is 53.5 Å². The van der Waals surface area contributed by atoms with Crippen molar-refractivity contribution in [1.29, 1.82) is 0 Å². The summed E-state index contributed by atoms with van der Waals surface area (Å²) in [6.45, 7) is 5.34. The van der Waals surface area contributed by atoms with Crippen molar-refractivity contribution in [3.05, 3.63) is 88.8 Å². The zero-order valence-corrected chi connectivity index (χ0v) is 28.1. The molecule has 4 N–H and O–H groups in total. The molecule has 14 nitrogen and oxygen atoms in total. The van der Waals surface area contributed by atoms with E-state index in [2.05, 4.69) is 5.32 Å². The zero-order valence-electron chi connectivity index (χ0n) is 28.1. The van der Waals surface area contributed by atoms with E-state index in [0.29, 0.717) is 35.8 Å². The number of hydrogen-bond acceptors (Lipinski definition) is 13. The number of ether oxygens (including phenoxy) is 6. The summed E-state index contributed by atoms with van der Waals surface area (Å²) in [5.41, 5.74) is 0.686. The molecule has 2 aliphatic rings. The van der Waals surface area contributed by atoms with Crippen molar-refractivity contribution in [2.24, 2.45) is 0 Å². The van der Waals surface area contributed by atoms with Gasteiger partial charge in [-0.1, -0.05) is 36.4 Å². The number of hydrogen-bond donors (Lipinski definition) is 4. The molecule has 270 valence electrons. The minimum absolute atomic E-state index is 0.0797. The van der Waals surface area contributed by atoms with Crippen LogP contribution in [0.25, 0.3) is 22.1 Å². The Hall–Kier alpha value is -5.15. The molecule has 51 heavy (non-hydrogen) atoms. The Kier molecular flexibility index (Phi) is 10.5. The average Bonchev–Trinajstić information content (AvgIpc) is 3.10. The molecule has 3 heterocycles. The minimum Gasteiger partial charge on any atom is -0.486 e. The first-order chi connectivity index (χ1) is 24.4. The van der Waals surface area contributed by atoms with Crippen molar-refractivity contribution in [2.45, 2.75) is 69.5 Å². The number of carbonyl (C=O) groups is 2. The van der Waals surface area contributed by atoms with Gasteiger partial charge in [0, 0.05) is 12.5 Å². The molecule has 1 amide bonds. The Morgan fingerprint density at radius 1 is 0.922 bits per heavy atom. The monoisotopic (exact) mass is 705 g/mol. The van der Waals surface area contributed by atoms with Crippen molar-refractivity contribution in [1.82, 2.24) is 5.32 Å². The molecule has 1 aromatic heterocycles. The SMILES string of the molecule is CC(C)(C)OC(=O)N[C@H](Cc1ccccc1)C(=O)OC[C@@H]1O[C@@H](Oc2ccc3c(=O)c(-c4ccc5c(c4)OCCO5)coc3c2)[C@H](O)[C@@H](O)[C@@H]1O. The summed E-state index contributed by atoms with van der Waals surface area (Å²) in [7, 11) is 0. The fourth-order valence-electron chi connectivity index (χ4n) is 5.64. The molecule has 1 fully saturated rings.